The molecule has 1 unspecified atom stereocenters. The largest absolute Gasteiger partial charge is 0.316 e. The van der Waals surface area contributed by atoms with Crippen LogP contribution < -0.4 is 5.32 Å². The van der Waals surface area contributed by atoms with E-state index in [1.165, 1.54) is 18.6 Å². The summed E-state index contributed by atoms with van der Waals surface area (Å²) >= 11 is 0. The summed E-state index contributed by atoms with van der Waals surface area (Å²) in [6, 6.07) is 3.92. The quantitative estimate of drug-likeness (QED) is 0.687. The van der Waals surface area contributed by atoms with Gasteiger partial charge in [0.2, 0.25) is 0 Å². The SMILES string of the molecule is Cl.O=[N+]([O-])c1ccc(CN2CCC3(CCNC3)C2)c(F)c1. The first-order valence-corrected chi connectivity index (χ1v) is 6.94. The van der Waals surface area contributed by atoms with Crippen molar-refractivity contribution in [1.82, 2.24) is 10.2 Å². The van der Waals surface area contributed by atoms with Crippen molar-refractivity contribution in [3.63, 3.8) is 0 Å². The molecule has 2 aliphatic heterocycles. The summed E-state index contributed by atoms with van der Waals surface area (Å²) in [5.74, 6) is -0.482. The van der Waals surface area contributed by atoms with Crippen LogP contribution in [0.25, 0.3) is 0 Å². The van der Waals surface area contributed by atoms with Crippen molar-refractivity contribution in [1.29, 1.82) is 0 Å². The summed E-state index contributed by atoms with van der Waals surface area (Å²) in [5.41, 5.74) is 0.708. The maximum absolute atomic E-state index is 13.9. The van der Waals surface area contributed by atoms with E-state index in [0.29, 0.717) is 17.5 Å². The number of rotatable bonds is 3. The summed E-state index contributed by atoms with van der Waals surface area (Å²) < 4.78 is 13.9. The molecule has 0 aliphatic carbocycles. The second-order valence-corrected chi connectivity index (χ2v) is 5.92. The average Bonchev–Trinajstić information content (AvgIpc) is 3.03. The van der Waals surface area contributed by atoms with Gasteiger partial charge >= 0.3 is 0 Å². The van der Waals surface area contributed by atoms with Crippen molar-refractivity contribution in [3.05, 3.63) is 39.7 Å². The average molecular weight is 316 g/mol. The third-order valence-electron chi connectivity index (χ3n) is 4.49. The highest BCUT2D eigenvalue weighted by Crippen LogP contribution is 2.36. The number of non-ortho nitro benzene ring substituents is 1. The van der Waals surface area contributed by atoms with Crippen LogP contribution >= 0.6 is 12.4 Å². The summed E-state index contributed by atoms with van der Waals surface area (Å²) in [6.45, 7) is 4.60. The number of halogens is 2. The van der Waals surface area contributed by atoms with E-state index < -0.39 is 10.7 Å². The lowest BCUT2D eigenvalue weighted by molar-refractivity contribution is -0.385. The first-order chi connectivity index (χ1) is 9.58. The van der Waals surface area contributed by atoms with Crippen molar-refractivity contribution in [2.45, 2.75) is 19.4 Å². The van der Waals surface area contributed by atoms with Crippen LogP contribution in [0.1, 0.15) is 18.4 Å². The van der Waals surface area contributed by atoms with Gasteiger partial charge in [-0.1, -0.05) is 0 Å². The summed E-state index contributed by atoms with van der Waals surface area (Å²) in [4.78, 5) is 12.3. The van der Waals surface area contributed by atoms with Gasteiger partial charge in [-0.05, 0) is 37.4 Å². The fourth-order valence-corrected chi connectivity index (χ4v) is 3.33. The molecule has 21 heavy (non-hydrogen) atoms. The Morgan fingerprint density at radius 2 is 2.24 bits per heavy atom. The van der Waals surface area contributed by atoms with E-state index in [1.54, 1.807) is 0 Å². The predicted molar refractivity (Wildman–Crippen MR) is 80.1 cm³/mol. The monoisotopic (exact) mass is 315 g/mol. The molecule has 1 spiro atoms. The lowest BCUT2D eigenvalue weighted by Crippen LogP contribution is -2.29. The molecular weight excluding hydrogens is 297 g/mol. The molecule has 0 saturated carbocycles. The molecule has 7 heteroatoms. The molecule has 3 rings (SSSR count). The molecule has 0 amide bonds. The van der Waals surface area contributed by atoms with E-state index >= 15 is 0 Å². The van der Waals surface area contributed by atoms with Gasteiger partial charge in [0, 0.05) is 31.3 Å². The normalized spacial score (nSPS) is 25.2. The first kappa shape index (κ1) is 16.1. The van der Waals surface area contributed by atoms with Gasteiger partial charge in [0.05, 0.1) is 11.0 Å². The van der Waals surface area contributed by atoms with Crippen LogP contribution in [0.15, 0.2) is 18.2 Å². The molecule has 0 aromatic heterocycles. The maximum Gasteiger partial charge on any atom is 0.272 e. The minimum atomic E-state index is -0.568. The second kappa shape index (κ2) is 6.25. The van der Waals surface area contributed by atoms with E-state index in [4.69, 9.17) is 0 Å². The molecule has 2 saturated heterocycles. The molecule has 5 nitrogen and oxygen atoms in total. The van der Waals surface area contributed by atoms with Crippen molar-refractivity contribution < 1.29 is 9.31 Å². The second-order valence-electron chi connectivity index (χ2n) is 5.92. The minimum Gasteiger partial charge on any atom is -0.316 e. The first-order valence-electron chi connectivity index (χ1n) is 6.94. The molecule has 1 aromatic carbocycles. The predicted octanol–water partition coefficient (Wildman–Crippen LogP) is 2.34. The van der Waals surface area contributed by atoms with Gasteiger partial charge < -0.3 is 5.32 Å². The van der Waals surface area contributed by atoms with E-state index in [0.717, 1.165) is 38.7 Å². The summed E-state index contributed by atoms with van der Waals surface area (Å²) in [6.07, 6.45) is 2.33. The van der Waals surface area contributed by atoms with Crippen LogP contribution in [0.2, 0.25) is 0 Å². The highest BCUT2D eigenvalue weighted by atomic mass is 35.5. The van der Waals surface area contributed by atoms with E-state index in [9.17, 15) is 14.5 Å². The number of hydrogen-bond donors (Lipinski definition) is 1. The molecule has 2 heterocycles. The lowest BCUT2D eigenvalue weighted by Gasteiger charge is -2.22. The topological polar surface area (TPSA) is 58.4 Å². The smallest absolute Gasteiger partial charge is 0.272 e. The zero-order valence-corrected chi connectivity index (χ0v) is 12.5. The van der Waals surface area contributed by atoms with Gasteiger partial charge in [-0.15, -0.1) is 12.4 Å². The molecular formula is C14H19ClFN3O2. The number of nitrogens with one attached hydrogen (secondary N) is 1. The fourth-order valence-electron chi connectivity index (χ4n) is 3.33. The maximum atomic E-state index is 13.9. The Balaban J connectivity index is 0.00000161. The van der Waals surface area contributed by atoms with Gasteiger partial charge in [0.25, 0.3) is 5.69 Å². The number of nitro groups is 1. The third kappa shape index (κ3) is 3.33. The van der Waals surface area contributed by atoms with Crippen LogP contribution in [-0.4, -0.2) is 36.0 Å². The van der Waals surface area contributed by atoms with Crippen LogP contribution in [0.3, 0.4) is 0 Å². The van der Waals surface area contributed by atoms with E-state index in [2.05, 4.69) is 10.2 Å². The molecule has 1 aromatic rings. The van der Waals surface area contributed by atoms with E-state index in [1.807, 2.05) is 0 Å². The minimum absolute atomic E-state index is 0. The Bertz CT molecular complexity index is 535. The van der Waals surface area contributed by atoms with Gasteiger partial charge in [0.15, 0.2) is 0 Å². The molecule has 2 fully saturated rings. The van der Waals surface area contributed by atoms with Crippen molar-refractivity contribution in [2.24, 2.45) is 5.41 Å². The standard InChI is InChI=1S/C14H18FN3O2.ClH/c15-13-7-12(18(19)20)2-1-11(13)8-17-6-4-14(10-17)3-5-16-9-14;/h1-2,7,16H,3-6,8-10H2;1H. The Labute approximate surface area is 129 Å². The molecule has 0 bridgehead atoms. The number of benzene rings is 1. The molecule has 0 radical (unpaired) electrons. The van der Waals surface area contributed by atoms with Crippen LogP contribution in [0.4, 0.5) is 10.1 Å². The highest BCUT2D eigenvalue weighted by Gasteiger charge is 2.40. The molecule has 1 atom stereocenters. The van der Waals surface area contributed by atoms with Crippen LogP contribution in [0.5, 0.6) is 0 Å². The Kier molecular flexibility index (Phi) is 4.81. The molecule has 2 aliphatic rings. The van der Waals surface area contributed by atoms with Gasteiger partial charge in [-0.2, -0.15) is 0 Å². The number of nitro benzene ring substituents is 1. The Hall–Kier alpha value is -1.24. The zero-order valence-electron chi connectivity index (χ0n) is 11.7. The highest BCUT2D eigenvalue weighted by molar-refractivity contribution is 5.85. The Morgan fingerprint density at radius 1 is 1.43 bits per heavy atom. The van der Waals surface area contributed by atoms with Crippen LogP contribution in [-0.2, 0) is 6.54 Å². The van der Waals surface area contributed by atoms with E-state index in [-0.39, 0.29) is 18.1 Å². The van der Waals surface area contributed by atoms with Crippen molar-refractivity contribution in [2.75, 3.05) is 26.2 Å². The third-order valence-corrected chi connectivity index (χ3v) is 4.49. The zero-order chi connectivity index (χ0) is 14.2. The van der Waals surface area contributed by atoms with Gasteiger partial charge in [0.1, 0.15) is 5.82 Å². The van der Waals surface area contributed by atoms with Crippen molar-refractivity contribution in [3.8, 4) is 0 Å². The van der Waals surface area contributed by atoms with Crippen LogP contribution in [0, 0.1) is 21.3 Å². The summed E-state index contributed by atoms with van der Waals surface area (Å²) in [5, 5.41) is 14.0. The molecule has 1 N–H and O–H groups in total. The molecule has 116 valence electrons. The lowest BCUT2D eigenvalue weighted by atomic mass is 9.86. The number of nitrogens with zero attached hydrogens (tertiary/aromatic N) is 2. The summed E-state index contributed by atoms with van der Waals surface area (Å²) in [7, 11) is 0. The Morgan fingerprint density at radius 3 is 2.86 bits per heavy atom. The number of hydrogen-bond acceptors (Lipinski definition) is 4. The number of likely N-dealkylation sites (tertiary alicyclic amines) is 1. The van der Waals surface area contributed by atoms with Crippen molar-refractivity contribution >= 4 is 18.1 Å². The van der Waals surface area contributed by atoms with Gasteiger partial charge in [-0.25, -0.2) is 4.39 Å². The fraction of sp³-hybridized carbons (Fsp3) is 0.571. The van der Waals surface area contributed by atoms with Gasteiger partial charge in [-0.3, -0.25) is 15.0 Å².